The molecule has 2 aromatic rings. The van der Waals surface area contributed by atoms with Crippen molar-refractivity contribution < 1.29 is 23.0 Å². The lowest BCUT2D eigenvalue weighted by molar-refractivity contribution is 0.0511. The average molecular weight is 493 g/mol. The number of nitrogens with one attached hydrogen (secondary N) is 1. The van der Waals surface area contributed by atoms with Gasteiger partial charge in [-0.3, -0.25) is 0 Å². The van der Waals surface area contributed by atoms with E-state index in [1.54, 1.807) is 33.8 Å². The van der Waals surface area contributed by atoms with Crippen LogP contribution >= 0.6 is 0 Å². The molecule has 2 atom stereocenters. The van der Waals surface area contributed by atoms with Crippen molar-refractivity contribution in [3.05, 3.63) is 23.5 Å². The number of carbonyl (C=O) groups is 1. The molecule has 12 heteroatoms. The van der Waals surface area contributed by atoms with Gasteiger partial charge in [-0.05, 0) is 47.5 Å². The van der Waals surface area contributed by atoms with Gasteiger partial charge >= 0.3 is 6.09 Å². The first-order chi connectivity index (χ1) is 16.0. The van der Waals surface area contributed by atoms with Crippen LogP contribution in [0.5, 0.6) is 0 Å². The first-order valence-electron chi connectivity index (χ1n) is 11.3. The van der Waals surface area contributed by atoms with Crippen LogP contribution in [0.4, 0.5) is 22.4 Å². The second-order valence-electron chi connectivity index (χ2n) is 9.99. The lowest BCUT2D eigenvalue weighted by atomic mass is 10.0. The third-order valence-corrected chi connectivity index (χ3v) is 6.66. The summed E-state index contributed by atoms with van der Waals surface area (Å²) in [6.07, 6.45) is 1.01. The smallest absolute Gasteiger partial charge is 0.435 e. The zero-order valence-corrected chi connectivity index (χ0v) is 21.0. The highest BCUT2D eigenvalue weighted by Crippen LogP contribution is 2.48. The highest BCUT2D eigenvalue weighted by atomic mass is 32.2. The Kier molecular flexibility index (Phi) is 6.67. The molecule has 0 aromatic carbocycles. The molecule has 186 valence electrons. The number of rotatable bonds is 6. The van der Waals surface area contributed by atoms with Crippen molar-refractivity contribution in [2.75, 3.05) is 35.7 Å². The molecule has 2 aliphatic rings. The molecule has 2 N–H and O–H groups in total. The molecule has 0 amide bonds. The normalized spacial score (nSPS) is 20.6. The molecule has 11 nitrogen and oxygen atoms in total. The SMILES string of the molecule is Cc1cc(Nc2nc(N3CCOC[C@H]3C)cc(C3(CS(=O)O)CC3)n2)nn1C(=O)OC(C)(C)C. The first-order valence-corrected chi connectivity index (χ1v) is 12.6. The molecule has 1 aliphatic carbocycles. The Labute approximate surface area is 201 Å². The van der Waals surface area contributed by atoms with Crippen LogP contribution in [-0.2, 0) is 26.0 Å². The van der Waals surface area contributed by atoms with Crippen LogP contribution in [0.2, 0.25) is 0 Å². The van der Waals surface area contributed by atoms with E-state index in [4.69, 9.17) is 14.5 Å². The van der Waals surface area contributed by atoms with Crippen molar-refractivity contribution in [2.45, 2.75) is 64.5 Å². The van der Waals surface area contributed by atoms with E-state index in [2.05, 4.69) is 27.2 Å². The summed E-state index contributed by atoms with van der Waals surface area (Å²) in [5.41, 5.74) is 0.249. The van der Waals surface area contributed by atoms with Gasteiger partial charge in [0.2, 0.25) is 5.95 Å². The molecule has 1 unspecified atom stereocenters. The topological polar surface area (TPSA) is 132 Å². The molecule has 2 aromatic heterocycles. The van der Waals surface area contributed by atoms with E-state index in [1.165, 1.54) is 4.68 Å². The number of aromatic nitrogens is 4. The highest BCUT2D eigenvalue weighted by Gasteiger charge is 2.47. The Morgan fingerprint density at radius 3 is 2.71 bits per heavy atom. The maximum atomic E-state index is 12.5. The molecule has 2 fully saturated rings. The minimum absolute atomic E-state index is 0.125. The van der Waals surface area contributed by atoms with Gasteiger partial charge < -0.3 is 24.2 Å². The summed E-state index contributed by atoms with van der Waals surface area (Å²) in [5.74, 6) is 1.57. The van der Waals surface area contributed by atoms with E-state index in [0.717, 1.165) is 24.4 Å². The summed E-state index contributed by atoms with van der Waals surface area (Å²) < 4.78 is 33.3. The van der Waals surface area contributed by atoms with Crippen LogP contribution in [0, 0.1) is 6.92 Å². The fraction of sp³-hybridized carbons (Fsp3) is 0.636. The van der Waals surface area contributed by atoms with Crippen LogP contribution < -0.4 is 10.2 Å². The Balaban J connectivity index is 1.66. The fourth-order valence-electron chi connectivity index (χ4n) is 3.98. The van der Waals surface area contributed by atoms with E-state index < -0.39 is 28.2 Å². The quantitative estimate of drug-likeness (QED) is 0.580. The van der Waals surface area contributed by atoms with Crippen LogP contribution in [0.15, 0.2) is 12.1 Å². The third kappa shape index (κ3) is 5.56. The summed E-state index contributed by atoms with van der Waals surface area (Å²) in [4.78, 5) is 24.0. The lowest BCUT2D eigenvalue weighted by Crippen LogP contribution is -2.44. The Hall–Kier alpha value is -2.57. The predicted octanol–water partition coefficient (Wildman–Crippen LogP) is 2.99. The average Bonchev–Trinajstić information content (AvgIpc) is 3.41. The van der Waals surface area contributed by atoms with Gasteiger partial charge in [0.25, 0.3) is 0 Å². The molecule has 34 heavy (non-hydrogen) atoms. The Morgan fingerprint density at radius 1 is 1.35 bits per heavy atom. The van der Waals surface area contributed by atoms with E-state index >= 15 is 0 Å². The van der Waals surface area contributed by atoms with Gasteiger partial charge in [-0.25, -0.2) is 14.0 Å². The van der Waals surface area contributed by atoms with Crippen molar-refractivity contribution in [2.24, 2.45) is 0 Å². The van der Waals surface area contributed by atoms with Crippen molar-refractivity contribution in [3.8, 4) is 0 Å². The number of nitrogens with zero attached hydrogens (tertiary/aromatic N) is 5. The van der Waals surface area contributed by atoms with Gasteiger partial charge in [0.05, 0.1) is 30.7 Å². The molecular weight excluding hydrogens is 460 g/mol. The number of morpholine rings is 1. The number of ether oxygens (including phenoxy) is 2. The minimum Gasteiger partial charge on any atom is -0.442 e. The predicted molar refractivity (Wildman–Crippen MR) is 128 cm³/mol. The maximum absolute atomic E-state index is 12.5. The number of aryl methyl sites for hydroxylation is 1. The number of carbonyl (C=O) groups excluding carboxylic acids is 1. The molecule has 1 saturated heterocycles. The summed E-state index contributed by atoms with van der Waals surface area (Å²) in [7, 11) is 0. The van der Waals surface area contributed by atoms with Gasteiger partial charge in [0, 0.05) is 29.8 Å². The van der Waals surface area contributed by atoms with Gasteiger partial charge in [0.1, 0.15) is 11.4 Å². The Bertz CT molecular complexity index is 1090. The fourth-order valence-corrected chi connectivity index (χ4v) is 4.89. The summed E-state index contributed by atoms with van der Waals surface area (Å²) in [6.45, 7) is 11.1. The van der Waals surface area contributed by atoms with E-state index in [9.17, 15) is 13.6 Å². The monoisotopic (exact) mass is 492 g/mol. The summed E-state index contributed by atoms with van der Waals surface area (Å²) >= 11 is -1.93. The van der Waals surface area contributed by atoms with E-state index in [-0.39, 0.29) is 11.8 Å². The number of hydrogen-bond acceptors (Lipinski definition) is 9. The van der Waals surface area contributed by atoms with E-state index in [0.29, 0.717) is 37.2 Å². The van der Waals surface area contributed by atoms with Crippen molar-refractivity contribution in [3.63, 3.8) is 0 Å². The van der Waals surface area contributed by atoms with Crippen LogP contribution in [0.3, 0.4) is 0 Å². The second kappa shape index (κ2) is 9.23. The molecule has 1 saturated carbocycles. The minimum atomic E-state index is -1.93. The highest BCUT2D eigenvalue weighted by molar-refractivity contribution is 7.79. The van der Waals surface area contributed by atoms with Crippen LogP contribution in [-0.4, -0.2) is 71.8 Å². The zero-order chi connectivity index (χ0) is 24.7. The molecule has 0 spiro atoms. The zero-order valence-electron chi connectivity index (χ0n) is 20.2. The van der Waals surface area contributed by atoms with Gasteiger partial charge in [-0.1, -0.05) is 0 Å². The third-order valence-electron chi connectivity index (χ3n) is 5.86. The Morgan fingerprint density at radius 2 is 2.09 bits per heavy atom. The maximum Gasteiger partial charge on any atom is 0.435 e. The van der Waals surface area contributed by atoms with Crippen molar-refractivity contribution in [1.82, 2.24) is 19.7 Å². The lowest BCUT2D eigenvalue weighted by Gasteiger charge is -2.34. The largest absolute Gasteiger partial charge is 0.442 e. The molecule has 0 radical (unpaired) electrons. The van der Waals surface area contributed by atoms with Crippen molar-refractivity contribution >= 4 is 34.8 Å². The number of hydrogen-bond donors (Lipinski definition) is 2. The molecule has 1 aliphatic heterocycles. The second-order valence-corrected chi connectivity index (χ2v) is 10.9. The van der Waals surface area contributed by atoms with Gasteiger partial charge in [-0.2, -0.15) is 9.67 Å². The van der Waals surface area contributed by atoms with Gasteiger partial charge in [0.15, 0.2) is 16.9 Å². The summed E-state index contributed by atoms with van der Waals surface area (Å²) in [5, 5.41) is 7.44. The summed E-state index contributed by atoms with van der Waals surface area (Å²) in [6, 6.07) is 3.75. The van der Waals surface area contributed by atoms with Crippen LogP contribution in [0.1, 0.15) is 51.9 Å². The van der Waals surface area contributed by atoms with Crippen molar-refractivity contribution in [1.29, 1.82) is 0 Å². The molecule has 3 heterocycles. The van der Waals surface area contributed by atoms with Gasteiger partial charge in [-0.15, -0.1) is 5.10 Å². The van der Waals surface area contributed by atoms with Crippen LogP contribution in [0.25, 0.3) is 0 Å². The first kappa shape index (κ1) is 24.6. The molecule has 0 bridgehead atoms. The van der Waals surface area contributed by atoms with E-state index in [1.807, 2.05) is 6.07 Å². The molecule has 4 rings (SSSR count). The standard InChI is InChI=1S/C22H32N6O5S/c1-14-10-17(26-28(14)20(29)33-21(3,4)5)24-19-23-16(22(6-7-22)13-34(30)31)11-18(25-19)27-8-9-32-12-15(27)2/h10-11,15H,6-9,12-13H2,1-5H3,(H,30,31)(H,23,24,25,26)/t15-/m1/s1. The number of anilines is 3. The molecular formula is C22H32N6O5S.